The van der Waals surface area contributed by atoms with E-state index in [1.165, 1.54) is 12.8 Å². The van der Waals surface area contributed by atoms with Gasteiger partial charge in [0.25, 0.3) is 0 Å². The first-order valence-corrected chi connectivity index (χ1v) is 7.06. The quantitative estimate of drug-likeness (QED) is 0.831. The van der Waals surface area contributed by atoms with Gasteiger partial charge in [0, 0.05) is 25.6 Å². The molecule has 5 nitrogen and oxygen atoms in total. The van der Waals surface area contributed by atoms with Gasteiger partial charge in [0.1, 0.15) is 12.2 Å². The summed E-state index contributed by atoms with van der Waals surface area (Å²) in [5.41, 5.74) is 0. The molecule has 0 spiro atoms. The van der Waals surface area contributed by atoms with Crippen molar-refractivity contribution in [2.24, 2.45) is 0 Å². The van der Waals surface area contributed by atoms with Gasteiger partial charge >= 0.3 is 0 Å². The first kappa shape index (κ1) is 13.5. The molecular formula is C13H24N4O. The zero-order valence-electron chi connectivity index (χ0n) is 11.4. The van der Waals surface area contributed by atoms with Gasteiger partial charge in [0.05, 0.1) is 6.10 Å². The Kier molecular flexibility index (Phi) is 5.13. The lowest BCUT2D eigenvalue weighted by Crippen LogP contribution is -2.44. The Bertz CT molecular complexity index is 347. The second kappa shape index (κ2) is 6.85. The number of nitrogens with one attached hydrogen (secondary N) is 1. The molecule has 0 radical (unpaired) electrons. The number of hydrogen-bond acceptors (Lipinski definition) is 4. The molecule has 1 aliphatic heterocycles. The average Bonchev–Trinajstić information content (AvgIpc) is 2.86. The van der Waals surface area contributed by atoms with E-state index in [-0.39, 0.29) is 0 Å². The highest BCUT2D eigenvalue weighted by Crippen LogP contribution is 2.18. The van der Waals surface area contributed by atoms with Gasteiger partial charge in [-0.15, -0.1) is 0 Å². The predicted octanol–water partition coefficient (Wildman–Crippen LogP) is 1.39. The van der Waals surface area contributed by atoms with Crippen LogP contribution in [-0.2, 0) is 17.7 Å². The van der Waals surface area contributed by atoms with Gasteiger partial charge < -0.3 is 10.1 Å². The topological polar surface area (TPSA) is 52.0 Å². The van der Waals surface area contributed by atoms with Gasteiger partial charge in [-0.1, -0.05) is 6.92 Å². The molecule has 2 atom stereocenters. The minimum absolute atomic E-state index is 0.320. The largest absolute Gasteiger partial charge is 0.377 e. The van der Waals surface area contributed by atoms with Gasteiger partial charge in [-0.05, 0) is 32.7 Å². The molecule has 102 valence electrons. The molecule has 0 aliphatic carbocycles. The van der Waals surface area contributed by atoms with Crippen molar-refractivity contribution < 1.29 is 4.74 Å². The summed E-state index contributed by atoms with van der Waals surface area (Å²) in [6.45, 7) is 6.97. The van der Waals surface area contributed by atoms with Crippen molar-refractivity contribution in [2.75, 3.05) is 13.2 Å². The SMILES string of the molecule is CCNC(Cc1ncnn1CC)C1CCCCO1. The summed E-state index contributed by atoms with van der Waals surface area (Å²) >= 11 is 0. The minimum Gasteiger partial charge on any atom is -0.377 e. The molecule has 0 aromatic carbocycles. The third-order valence-electron chi connectivity index (χ3n) is 3.53. The molecule has 0 saturated carbocycles. The Morgan fingerprint density at radius 3 is 3.06 bits per heavy atom. The first-order chi connectivity index (χ1) is 8.85. The third-order valence-corrected chi connectivity index (χ3v) is 3.53. The van der Waals surface area contributed by atoms with Crippen LogP contribution >= 0.6 is 0 Å². The van der Waals surface area contributed by atoms with E-state index in [1.807, 2.05) is 4.68 Å². The highest BCUT2D eigenvalue weighted by Gasteiger charge is 2.25. The van der Waals surface area contributed by atoms with E-state index in [0.29, 0.717) is 12.1 Å². The van der Waals surface area contributed by atoms with Crippen LogP contribution in [0, 0.1) is 0 Å². The van der Waals surface area contributed by atoms with Crippen molar-refractivity contribution in [1.82, 2.24) is 20.1 Å². The van der Waals surface area contributed by atoms with Crippen LogP contribution in [0.15, 0.2) is 6.33 Å². The number of nitrogens with zero attached hydrogens (tertiary/aromatic N) is 3. The Hall–Kier alpha value is -0.940. The van der Waals surface area contributed by atoms with E-state index in [0.717, 1.165) is 38.4 Å². The zero-order valence-corrected chi connectivity index (χ0v) is 11.4. The summed E-state index contributed by atoms with van der Waals surface area (Å²) in [7, 11) is 0. The van der Waals surface area contributed by atoms with Gasteiger partial charge in [-0.2, -0.15) is 5.10 Å². The molecule has 1 saturated heterocycles. The maximum absolute atomic E-state index is 5.89. The van der Waals surface area contributed by atoms with Crippen molar-refractivity contribution in [2.45, 2.75) is 58.2 Å². The zero-order chi connectivity index (χ0) is 12.8. The van der Waals surface area contributed by atoms with Crippen molar-refractivity contribution >= 4 is 0 Å². The smallest absolute Gasteiger partial charge is 0.138 e. The fraction of sp³-hybridized carbons (Fsp3) is 0.846. The second-order valence-electron chi connectivity index (χ2n) is 4.77. The maximum atomic E-state index is 5.89. The van der Waals surface area contributed by atoms with Crippen LogP contribution < -0.4 is 5.32 Å². The molecule has 1 aromatic rings. The van der Waals surface area contributed by atoms with E-state index in [2.05, 4.69) is 29.2 Å². The molecule has 0 amide bonds. The molecule has 1 N–H and O–H groups in total. The van der Waals surface area contributed by atoms with Crippen LogP contribution in [-0.4, -0.2) is 40.1 Å². The second-order valence-corrected chi connectivity index (χ2v) is 4.77. The van der Waals surface area contributed by atoms with Crippen LogP contribution in [0.5, 0.6) is 0 Å². The highest BCUT2D eigenvalue weighted by molar-refractivity contribution is 4.93. The Labute approximate surface area is 109 Å². The van der Waals surface area contributed by atoms with E-state index >= 15 is 0 Å². The monoisotopic (exact) mass is 252 g/mol. The van der Waals surface area contributed by atoms with Crippen molar-refractivity contribution in [3.63, 3.8) is 0 Å². The number of rotatable bonds is 6. The molecule has 1 fully saturated rings. The van der Waals surface area contributed by atoms with Gasteiger partial charge in [-0.25, -0.2) is 4.98 Å². The van der Waals surface area contributed by atoms with E-state index < -0.39 is 0 Å². The molecule has 2 unspecified atom stereocenters. The normalized spacial score (nSPS) is 22.0. The first-order valence-electron chi connectivity index (χ1n) is 7.06. The molecule has 1 aliphatic rings. The fourth-order valence-corrected chi connectivity index (χ4v) is 2.59. The summed E-state index contributed by atoms with van der Waals surface area (Å²) in [6.07, 6.45) is 6.47. The summed E-state index contributed by atoms with van der Waals surface area (Å²) in [5.74, 6) is 1.05. The van der Waals surface area contributed by atoms with E-state index in [1.54, 1.807) is 6.33 Å². The van der Waals surface area contributed by atoms with E-state index in [4.69, 9.17) is 4.74 Å². The highest BCUT2D eigenvalue weighted by atomic mass is 16.5. The van der Waals surface area contributed by atoms with Crippen molar-refractivity contribution in [1.29, 1.82) is 0 Å². The van der Waals surface area contributed by atoms with Crippen LogP contribution in [0.2, 0.25) is 0 Å². The molecule has 0 bridgehead atoms. The van der Waals surface area contributed by atoms with Crippen LogP contribution in [0.4, 0.5) is 0 Å². The number of aryl methyl sites for hydroxylation is 1. The summed E-state index contributed by atoms with van der Waals surface area (Å²) in [5, 5.41) is 7.77. The number of aromatic nitrogens is 3. The Balaban J connectivity index is 2.00. The molecular weight excluding hydrogens is 228 g/mol. The standard InChI is InChI=1S/C13H24N4O/c1-3-14-11(12-7-5-6-8-18-12)9-13-15-10-16-17(13)4-2/h10-12,14H,3-9H2,1-2H3. The molecule has 5 heteroatoms. The lowest BCUT2D eigenvalue weighted by Gasteiger charge is -2.30. The van der Waals surface area contributed by atoms with Gasteiger partial charge in [0.2, 0.25) is 0 Å². The third kappa shape index (κ3) is 3.29. The van der Waals surface area contributed by atoms with Gasteiger partial charge in [0.15, 0.2) is 0 Å². The fourth-order valence-electron chi connectivity index (χ4n) is 2.59. The number of ether oxygens (including phenoxy) is 1. The Morgan fingerprint density at radius 1 is 1.50 bits per heavy atom. The molecule has 18 heavy (non-hydrogen) atoms. The average molecular weight is 252 g/mol. The Morgan fingerprint density at radius 2 is 2.39 bits per heavy atom. The van der Waals surface area contributed by atoms with Crippen LogP contribution in [0.25, 0.3) is 0 Å². The van der Waals surface area contributed by atoms with Crippen LogP contribution in [0.3, 0.4) is 0 Å². The van der Waals surface area contributed by atoms with Crippen molar-refractivity contribution in [3.8, 4) is 0 Å². The molecule has 1 aromatic heterocycles. The van der Waals surface area contributed by atoms with Crippen LogP contribution in [0.1, 0.15) is 38.9 Å². The summed E-state index contributed by atoms with van der Waals surface area (Å²) in [6, 6.07) is 0.352. The summed E-state index contributed by atoms with van der Waals surface area (Å²) < 4.78 is 7.86. The number of likely N-dealkylation sites (N-methyl/N-ethyl adjacent to an activating group) is 1. The number of hydrogen-bond donors (Lipinski definition) is 1. The predicted molar refractivity (Wildman–Crippen MR) is 70.5 cm³/mol. The minimum atomic E-state index is 0.320. The molecule has 2 rings (SSSR count). The lowest BCUT2D eigenvalue weighted by atomic mass is 9.99. The van der Waals surface area contributed by atoms with Crippen molar-refractivity contribution in [3.05, 3.63) is 12.2 Å². The molecule has 2 heterocycles. The maximum Gasteiger partial charge on any atom is 0.138 e. The van der Waals surface area contributed by atoms with Gasteiger partial charge in [-0.3, -0.25) is 4.68 Å². The summed E-state index contributed by atoms with van der Waals surface area (Å²) in [4.78, 5) is 4.36. The van der Waals surface area contributed by atoms with E-state index in [9.17, 15) is 0 Å². The lowest BCUT2D eigenvalue weighted by molar-refractivity contribution is -0.00766.